The Morgan fingerprint density at radius 1 is 0.692 bits per heavy atom. The van der Waals surface area contributed by atoms with Gasteiger partial charge in [0.25, 0.3) is 0 Å². The fourth-order valence-electron chi connectivity index (χ4n) is 4.16. The van der Waals surface area contributed by atoms with E-state index in [4.69, 9.17) is 4.74 Å². The van der Waals surface area contributed by atoms with Gasteiger partial charge >= 0.3 is 0 Å². The number of benzene rings is 3. The Bertz CT molecular complexity index is 809. The molecule has 1 atom stereocenters. The summed E-state index contributed by atoms with van der Waals surface area (Å²) in [5.41, 5.74) is 0. The molecule has 1 nitrogen and oxygen atoms in total. The Morgan fingerprint density at radius 2 is 1.19 bits per heavy atom. The number of hydrogen-bond donors (Lipinski definition) is 0. The maximum Gasteiger partial charge on any atom is 0.118 e. The molecule has 3 heteroatoms. The molecule has 0 aromatic heterocycles. The van der Waals surface area contributed by atoms with Crippen molar-refractivity contribution in [2.75, 3.05) is 7.11 Å². The Kier molecular flexibility index (Phi) is 5.49. The quantitative estimate of drug-likeness (QED) is 0.592. The molecule has 0 aliphatic rings. The van der Waals surface area contributed by atoms with Crippen LogP contribution in [0.4, 0.5) is 0 Å². The second-order valence-electron chi connectivity index (χ2n) is 7.27. The van der Waals surface area contributed by atoms with Crippen LogP contribution < -0.4 is 20.3 Å². The van der Waals surface area contributed by atoms with Crippen molar-refractivity contribution < 1.29 is 4.74 Å². The van der Waals surface area contributed by atoms with Gasteiger partial charge in [-0.25, -0.2) is 0 Å². The number of ether oxygens (including phenoxy) is 1. The molecule has 26 heavy (non-hydrogen) atoms. The summed E-state index contributed by atoms with van der Waals surface area (Å²) in [5, 5.41) is 4.57. The highest BCUT2D eigenvalue weighted by atomic mass is 29.3. The Labute approximate surface area is 159 Å². The van der Waals surface area contributed by atoms with Crippen LogP contribution in [0.25, 0.3) is 0 Å². The molecule has 0 bridgehead atoms. The summed E-state index contributed by atoms with van der Waals surface area (Å²) in [4.78, 5) is 0. The highest BCUT2D eigenvalue weighted by Gasteiger charge is 2.50. The second-order valence-corrected chi connectivity index (χ2v) is 20.9. The average molecular weight is 377 g/mol. The van der Waals surface area contributed by atoms with E-state index in [1.165, 1.54) is 21.6 Å². The SMILES string of the molecule is CC[Si](C)(c1cccc(OC)c1)[Si](C)(c1ccccc1)c1ccccc1. The Balaban J connectivity index is 2.28. The first-order valence-corrected chi connectivity index (χ1v) is 15.5. The zero-order chi connectivity index (χ0) is 18.6. The lowest BCUT2D eigenvalue weighted by atomic mass is 10.3. The molecular weight excluding hydrogens is 348 g/mol. The first-order valence-electron chi connectivity index (χ1n) is 9.32. The summed E-state index contributed by atoms with van der Waals surface area (Å²) in [6, 6.07) is 32.5. The van der Waals surface area contributed by atoms with Crippen molar-refractivity contribution in [2.24, 2.45) is 0 Å². The van der Waals surface area contributed by atoms with Gasteiger partial charge in [0.05, 0.1) is 14.7 Å². The predicted octanol–water partition coefficient (Wildman–Crippen LogP) is 3.97. The molecule has 0 saturated carbocycles. The molecule has 0 heterocycles. The van der Waals surface area contributed by atoms with Crippen LogP contribution in [0.5, 0.6) is 5.75 Å². The van der Waals surface area contributed by atoms with Crippen molar-refractivity contribution >= 4 is 30.7 Å². The third-order valence-electron chi connectivity index (χ3n) is 6.22. The van der Waals surface area contributed by atoms with Crippen molar-refractivity contribution in [1.82, 2.24) is 0 Å². The number of rotatable bonds is 6. The van der Waals surface area contributed by atoms with Gasteiger partial charge in [0.15, 0.2) is 0 Å². The van der Waals surface area contributed by atoms with Crippen LogP contribution in [0.2, 0.25) is 19.1 Å². The molecule has 0 aliphatic carbocycles. The number of methoxy groups -OCH3 is 1. The summed E-state index contributed by atoms with van der Waals surface area (Å²) in [6.07, 6.45) is 0. The number of hydrogen-bond acceptors (Lipinski definition) is 1. The van der Waals surface area contributed by atoms with Crippen molar-refractivity contribution in [3.63, 3.8) is 0 Å². The van der Waals surface area contributed by atoms with Crippen molar-refractivity contribution in [2.45, 2.75) is 26.1 Å². The monoisotopic (exact) mass is 376 g/mol. The van der Waals surface area contributed by atoms with Crippen LogP contribution >= 0.6 is 0 Å². The first kappa shape index (κ1) is 18.7. The van der Waals surface area contributed by atoms with E-state index in [-0.39, 0.29) is 0 Å². The topological polar surface area (TPSA) is 9.23 Å². The molecule has 134 valence electrons. The van der Waals surface area contributed by atoms with E-state index in [2.05, 4.69) is 105 Å². The molecular formula is C23H28OSi2. The maximum atomic E-state index is 5.56. The van der Waals surface area contributed by atoms with Gasteiger partial charge in [-0.05, 0) is 12.1 Å². The molecule has 0 radical (unpaired) electrons. The zero-order valence-corrected chi connectivity index (χ0v) is 18.2. The largest absolute Gasteiger partial charge is 0.497 e. The minimum absolute atomic E-state index is 0.965. The molecule has 3 aromatic carbocycles. The van der Waals surface area contributed by atoms with Crippen LogP contribution in [-0.4, -0.2) is 22.3 Å². The fourth-order valence-corrected chi connectivity index (χ4v) is 19.2. The van der Waals surface area contributed by atoms with Crippen molar-refractivity contribution in [3.05, 3.63) is 84.9 Å². The Hall–Kier alpha value is -2.11. The minimum atomic E-state index is -1.95. The van der Waals surface area contributed by atoms with Gasteiger partial charge in [0, 0.05) is 0 Å². The summed E-state index contributed by atoms with van der Waals surface area (Å²) < 4.78 is 5.56. The van der Waals surface area contributed by atoms with Crippen LogP contribution in [0, 0.1) is 0 Å². The van der Waals surface area contributed by atoms with Crippen LogP contribution in [0.15, 0.2) is 84.9 Å². The lowest BCUT2D eigenvalue weighted by Crippen LogP contribution is -2.77. The molecule has 0 spiro atoms. The summed E-state index contributed by atoms with van der Waals surface area (Å²) >= 11 is 0. The minimum Gasteiger partial charge on any atom is -0.497 e. The second kappa shape index (κ2) is 7.64. The molecule has 0 amide bonds. The van der Waals surface area contributed by atoms with Gasteiger partial charge in [-0.1, -0.05) is 114 Å². The van der Waals surface area contributed by atoms with Crippen LogP contribution in [0.3, 0.4) is 0 Å². The molecule has 1 unspecified atom stereocenters. The van der Waals surface area contributed by atoms with E-state index < -0.39 is 15.2 Å². The van der Waals surface area contributed by atoms with E-state index in [0.717, 1.165) is 5.75 Å². The first-order chi connectivity index (χ1) is 12.6. The molecule has 0 saturated heterocycles. The summed E-state index contributed by atoms with van der Waals surface area (Å²) in [6.45, 7) is 7.53. The van der Waals surface area contributed by atoms with E-state index in [0.29, 0.717) is 0 Å². The third-order valence-corrected chi connectivity index (χ3v) is 24.7. The fraction of sp³-hybridized carbons (Fsp3) is 0.217. The standard InChI is InChI=1S/C23H28OSi2/c1-5-25(3,23-18-12-13-20(19-23)24-2)26(4,21-14-8-6-9-15-21)22-16-10-7-11-17-22/h6-19H,5H2,1-4H3. The van der Waals surface area contributed by atoms with Crippen molar-refractivity contribution in [3.8, 4) is 5.75 Å². The molecule has 3 aromatic rings. The van der Waals surface area contributed by atoms with Crippen LogP contribution in [0.1, 0.15) is 6.92 Å². The van der Waals surface area contributed by atoms with Gasteiger partial charge in [-0.15, -0.1) is 0 Å². The predicted molar refractivity (Wildman–Crippen MR) is 118 cm³/mol. The van der Waals surface area contributed by atoms with Gasteiger partial charge in [-0.2, -0.15) is 0 Å². The van der Waals surface area contributed by atoms with Gasteiger partial charge in [-0.3, -0.25) is 0 Å². The maximum absolute atomic E-state index is 5.56. The van der Waals surface area contributed by atoms with Crippen LogP contribution in [-0.2, 0) is 0 Å². The van der Waals surface area contributed by atoms with E-state index in [1.54, 1.807) is 7.11 Å². The van der Waals surface area contributed by atoms with Gasteiger partial charge < -0.3 is 4.74 Å². The lowest BCUT2D eigenvalue weighted by Gasteiger charge is -2.44. The van der Waals surface area contributed by atoms with Crippen molar-refractivity contribution in [1.29, 1.82) is 0 Å². The third kappa shape index (κ3) is 3.06. The zero-order valence-electron chi connectivity index (χ0n) is 16.2. The molecule has 0 aliphatic heterocycles. The van der Waals surface area contributed by atoms with E-state index in [9.17, 15) is 0 Å². The summed E-state index contributed by atoms with van der Waals surface area (Å²) in [5.74, 6) is 0.965. The average Bonchev–Trinajstić information content (AvgIpc) is 2.73. The van der Waals surface area contributed by atoms with Gasteiger partial charge in [0.2, 0.25) is 0 Å². The van der Waals surface area contributed by atoms with Gasteiger partial charge in [0.1, 0.15) is 13.3 Å². The molecule has 0 N–H and O–H groups in total. The smallest absolute Gasteiger partial charge is 0.118 e. The Morgan fingerprint density at radius 3 is 1.65 bits per heavy atom. The highest BCUT2D eigenvalue weighted by Crippen LogP contribution is 2.25. The van der Waals surface area contributed by atoms with E-state index >= 15 is 0 Å². The lowest BCUT2D eigenvalue weighted by molar-refractivity contribution is 0.415. The highest BCUT2D eigenvalue weighted by molar-refractivity contribution is 7.55. The van der Waals surface area contributed by atoms with E-state index in [1.807, 2.05) is 0 Å². The normalized spacial score (nSPS) is 13.8. The molecule has 3 rings (SSSR count). The molecule has 0 fully saturated rings. The summed E-state index contributed by atoms with van der Waals surface area (Å²) in [7, 11) is -2.01.